The van der Waals surface area contributed by atoms with Gasteiger partial charge in [-0.15, -0.1) is 0 Å². The van der Waals surface area contributed by atoms with Crippen molar-refractivity contribution in [3.05, 3.63) is 35.5 Å². The van der Waals surface area contributed by atoms with Gasteiger partial charge in [0.2, 0.25) is 0 Å². The largest absolute Gasteiger partial charge is 0.377 e. The third kappa shape index (κ3) is 1.93. The van der Waals surface area contributed by atoms with Crippen LogP contribution in [0.2, 0.25) is 0 Å². The van der Waals surface area contributed by atoms with E-state index in [-0.39, 0.29) is 22.9 Å². The van der Waals surface area contributed by atoms with Crippen LogP contribution in [0.15, 0.2) is 35.5 Å². The molecule has 4 aliphatic carbocycles. The lowest BCUT2D eigenvalue weighted by atomic mass is 9.47. The Morgan fingerprint density at radius 3 is 2.62 bits per heavy atom. The van der Waals surface area contributed by atoms with Gasteiger partial charge in [0.05, 0.1) is 0 Å². The molecule has 0 aromatic rings. The van der Waals surface area contributed by atoms with E-state index in [0.717, 1.165) is 19.3 Å². The molecule has 6 atom stereocenters. The molecule has 3 heteroatoms. The molecule has 3 nitrogen and oxygen atoms in total. The maximum Gasteiger partial charge on any atom is 0.166 e. The summed E-state index contributed by atoms with van der Waals surface area (Å²) in [5, 5.41) is 11.4. The van der Waals surface area contributed by atoms with Crippen molar-refractivity contribution in [1.82, 2.24) is 0 Å². The summed E-state index contributed by atoms with van der Waals surface area (Å²) in [5.74, 6) is 1.09. The first-order valence-corrected chi connectivity index (χ1v) is 9.91. The van der Waals surface area contributed by atoms with Crippen molar-refractivity contribution in [3.63, 3.8) is 0 Å². The summed E-state index contributed by atoms with van der Waals surface area (Å²) in [7, 11) is 0. The minimum Gasteiger partial charge on any atom is -0.377 e. The molecular weight excluding hydrogens is 324 g/mol. The highest BCUT2D eigenvalue weighted by Crippen LogP contribution is 2.67. The molecule has 4 aliphatic rings. The molecule has 0 bridgehead atoms. The second kappa shape index (κ2) is 5.28. The zero-order valence-electron chi connectivity index (χ0n) is 16.4. The number of hydrogen-bond acceptors (Lipinski definition) is 3. The van der Waals surface area contributed by atoms with Crippen LogP contribution in [0.5, 0.6) is 0 Å². The Kier molecular flexibility index (Phi) is 3.64. The summed E-state index contributed by atoms with van der Waals surface area (Å²) in [6.07, 6.45) is 8.26. The topological polar surface area (TPSA) is 54.4 Å². The summed E-state index contributed by atoms with van der Waals surface area (Å²) in [6, 6.07) is 0. The molecule has 0 aromatic heterocycles. The second-order valence-corrected chi connectivity index (χ2v) is 9.61. The smallest absolute Gasteiger partial charge is 0.166 e. The molecule has 140 valence electrons. The molecule has 3 unspecified atom stereocenters. The Hall–Kier alpha value is -1.48. The molecular formula is C23H30O3. The van der Waals surface area contributed by atoms with E-state index in [1.54, 1.807) is 0 Å². The molecule has 2 fully saturated rings. The van der Waals surface area contributed by atoms with Crippen LogP contribution in [0, 0.1) is 28.6 Å². The molecule has 0 aliphatic heterocycles. The summed E-state index contributed by atoms with van der Waals surface area (Å²) in [6.45, 7) is 12.1. The highest BCUT2D eigenvalue weighted by Gasteiger charge is 2.66. The van der Waals surface area contributed by atoms with Gasteiger partial charge in [0, 0.05) is 11.8 Å². The Morgan fingerprint density at radius 2 is 1.96 bits per heavy atom. The first-order chi connectivity index (χ1) is 12.1. The highest BCUT2D eigenvalue weighted by atomic mass is 16.3. The number of rotatable bonds is 1. The minimum absolute atomic E-state index is 0.0248. The molecule has 4 rings (SSSR count). The standard InChI is InChI=1S/C23H30O3/c1-13-10-17-18(21(4)8-6-16(25)12-19(13)21)7-9-22(5)20(17)11-14(2)23(22,26)15(3)24/h10,12,17-18,20,26H,2,6-9,11H2,1,3-5H3/t17?,18?,20?,21-,22+,23+/m1/s1. The van der Waals surface area contributed by atoms with Crippen molar-refractivity contribution in [2.45, 2.75) is 65.4 Å². The van der Waals surface area contributed by atoms with E-state index in [0.29, 0.717) is 30.3 Å². The van der Waals surface area contributed by atoms with Crippen molar-refractivity contribution < 1.29 is 14.7 Å². The summed E-state index contributed by atoms with van der Waals surface area (Å²) >= 11 is 0. The van der Waals surface area contributed by atoms with Crippen LogP contribution in [0.1, 0.15) is 59.8 Å². The SMILES string of the molecule is C=C1CC2C3C=C(C)C4=CC(=O)CC[C@]4(C)C3CC[C@]2(C)[C@@]1(O)C(C)=O. The minimum atomic E-state index is -1.40. The Balaban J connectivity index is 1.83. The van der Waals surface area contributed by atoms with Crippen LogP contribution in [0.25, 0.3) is 0 Å². The third-order valence-corrected chi connectivity index (χ3v) is 8.53. The number of aliphatic hydroxyl groups is 1. The number of Topliss-reactive ketones (excluding diaryl/α,β-unsaturated/α-hetero) is 1. The van der Waals surface area contributed by atoms with E-state index in [1.807, 2.05) is 6.08 Å². The van der Waals surface area contributed by atoms with Crippen LogP contribution in [-0.2, 0) is 9.59 Å². The number of allylic oxidation sites excluding steroid dienone is 4. The predicted molar refractivity (Wildman–Crippen MR) is 101 cm³/mol. The zero-order chi connectivity index (χ0) is 19.1. The van der Waals surface area contributed by atoms with E-state index in [1.165, 1.54) is 18.1 Å². The number of fused-ring (bicyclic) bond motifs is 5. The lowest BCUT2D eigenvalue weighted by molar-refractivity contribution is -0.151. The summed E-state index contributed by atoms with van der Waals surface area (Å²) in [5.41, 5.74) is 1.29. The molecule has 1 N–H and O–H groups in total. The van der Waals surface area contributed by atoms with Crippen LogP contribution < -0.4 is 0 Å². The van der Waals surface area contributed by atoms with Gasteiger partial charge in [0.1, 0.15) is 5.60 Å². The third-order valence-electron chi connectivity index (χ3n) is 8.53. The summed E-state index contributed by atoms with van der Waals surface area (Å²) in [4.78, 5) is 24.4. The van der Waals surface area contributed by atoms with Crippen molar-refractivity contribution in [3.8, 4) is 0 Å². The first kappa shape index (κ1) is 17.9. The van der Waals surface area contributed by atoms with Gasteiger partial charge in [0.15, 0.2) is 11.6 Å². The van der Waals surface area contributed by atoms with E-state index >= 15 is 0 Å². The van der Waals surface area contributed by atoms with Gasteiger partial charge >= 0.3 is 0 Å². The quantitative estimate of drug-likeness (QED) is 0.719. The van der Waals surface area contributed by atoms with Crippen molar-refractivity contribution in [1.29, 1.82) is 0 Å². The number of hydrogen-bond donors (Lipinski definition) is 1. The van der Waals surface area contributed by atoms with Crippen LogP contribution >= 0.6 is 0 Å². The number of carbonyl (C=O) groups is 2. The Bertz CT molecular complexity index is 787. The molecule has 0 radical (unpaired) electrons. The monoisotopic (exact) mass is 354 g/mol. The van der Waals surface area contributed by atoms with Gasteiger partial charge in [-0.3, -0.25) is 9.59 Å². The lowest BCUT2D eigenvalue weighted by Gasteiger charge is -2.57. The molecule has 2 saturated carbocycles. The second-order valence-electron chi connectivity index (χ2n) is 9.61. The molecule has 0 heterocycles. The number of ketones is 2. The Morgan fingerprint density at radius 1 is 1.27 bits per heavy atom. The molecule has 0 aromatic carbocycles. The van der Waals surface area contributed by atoms with Crippen LogP contribution in [0.3, 0.4) is 0 Å². The molecule has 0 spiro atoms. The average molecular weight is 354 g/mol. The maximum atomic E-state index is 12.4. The van der Waals surface area contributed by atoms with E-state index in [2.05, 4.69) is 33.4 Å². The number of carbonyl (C=O) groups excluding carboxylic acids is 2. The van der Waals surface area contributed by atoms with E-state index in [9.17, 15) is 14.7 Å². The fourth-order valence-electron chi connectivity index (χ4n) is 7.04. The predicted octanol–water partition coefficient (Wildman–Crippen LogP) is 4.17. The van der Waals surface area contributed by atoms with Crippen molar-refractivity contribution in [2.75, 3.05) is 0 Å². The van der Waals surface area contributed by atoms with Crippen molar-refractivity contribution in [2.24, 2.45) is 28.6 Å². The zero-order valence-corrected chi connectivity index (χ0v) is 16.4. The molecule has 26 heavy (non-hydrogen) atoms. The normalized spacial score (nSPS) is 47.5. The van der Waals surface area contributed by atoms with Crippen LogP contribution in [-0.4, -0.2) is 22.3 Å². The van der Waals surface area contributed by atoms with Crippen molar-refractivity contribution >= 4 is 11.6 Å². The molecule has 0 saturated heterocycles. The van der Waals surface area contributed by atoms with Gasteiger partial charge in [-0.05, 0) is 79.9 Å². The van der Waals surface area contributed by atoms with E-state index < -0.39 is 11.0 Å². The lowest BCUT2D eigenvalue weighted by Crippen LogP contribution is -2.57. The Labute approximate surface area is 156 Å². The molecule has 0 amide bonds. The first-order valence-electron chi connectivity index (χ1n) is 9.91. The highest BCUT2D eigenvalue weighted by molar-refractivity contribution is 5.93. The fourth-order valence-corrected chi connectivity index (χ4v) is 7.04. The van der Waals surface area contributed by atoms with Gasteiger partial charge in [-0.25, -0.2) is 0 Å². The van der Waals surface area contributed by atoms with E-state index in [4.69, 9.17) is 0 Å². The van der Waals surface area contributed by atoms with Crippen LogP contribution in [0.4, 0.5) is 0 Å². The van der Waals surface area contributed by atoms with Gasteiger partial charge < -0.3 is 5.11 Å². The fraction of sp³-hybridized carbons (Fsp3) is 0.652. The summed E-state index contributed by atoms with van der Waals surface area (Å²) < 4.78 is 0. The van der Waals surface area contributed by atoms with Gasteiger partial charge in [0.25, 0.3) is 0 Å². The van der Waals surface area contributed by atoms with Gasteiger partial charge in [-0.1, -0.05) is 32.1 Å². The van der Waals surface area contributed by atoms with Gasteiger partial charge in [-0.2, -0.15) is 0 Å². The average Bonchev–Trinajstić information content (AvgIpc) is 2.78. The maximum absolute atomic E-state index is 12.4.